The van der Waals surface area contributed by atoms with Crippen LogP contribution in [0.5, 0.6) is 0 Å². The van der Waals surface area contributed by atoms with Gasteiger partial charge in [0, 0.05) is 27.6 Å². The molecule has 47 heavy (non-hydrogen) atoms. The zero-order chi connectivity index (χ0) is 31.9. The van der Waals surface area contributed by atoms with Gasteiger partial charge in [0.1, 0.15) is 0 Å². The van der Waals surface area contributed by atoms with Gasteiger partial charge < -0.3 is 4.90 Å². The van der Waals surface area contributed by atoms with Gasteiger partial charge in [0.25, 0.3) is 0 Å². The Labute approximate surface area is 277 Å². The Balaban J connectivity index is 1.35. The molecule has 0 saturated heterocycles. The summed E-state index contributed by atoms with van der Waals surface area (Å²) in [5, 5.41) is 2.51. The van der Waals surface area contributed by atoms with Gasteiger partial charge in [-0.3, -0.25) is 0 Å². The minimum absolute atomic E-state index is 0.0929. The van der Waals surface area contributed by atoms with Gasteiger partial charge in [-0.1, -0.05) is 155 Å². The molecule has 2 aliphatic carbocycles. The first kappa shape index (κ1) is 27.9. The van der Waals surface area contributed by atoms with Crippen LogP contribution in [0.4, 0.5) is 17.1 Å². The molecule has 0 unspecified atom stereocenters. The molecule has 0 spiro atoms. The van der Waals surface area contributed by atoms with Gasteiger partial charge in [0.05, 0.1) is 11.4 Å². The van der Waals surface area contributed by atoms with Gasteiger partial charge in [-0.05, 0) is 79.5 Å². The van der Waals surface area contributed by atoms with Gasteiger partial charge in [-0.15, -0.1) is 0 Å². The van der Waals surface area contributed by atoms with E-state index in [9.17, 15) is 0 Å². The molecular formula is C46H37N. The summed E-state index contributed by atoms with van der Waals surface area (Å²) in [6, 6.07) is 56.3. The van der Waals surface area contributed by atoms with E-state index in [1.165, 1.54) is 83.5 Å². The van der Waals surface area contributed by atoms with E-state index in [2.05, 4.69) is 184 Å². The van der Waals surface area contributed by atoms with Crippen LogP contribution in [0.2, 0.25) is 0 Å². The normalized spacial score (nSPS) is 14.7. The molecular weight excluding hydrogens is 567 g/mol. The van der Waals surface area contributed by atoms with Crippen molar-refractivity contribution in [3.8, 4) is 33.4 Å². The molecule has 0 radical (unpaired) electrons. The zero-order valence-electron chi connectivity index (χ0n) is 27.4. The van der Waals surface area contributed by atoms with E-state index in [-0.39, 0.29) is 10.8 Å². The number of fused-ring (bicyclic) bond motifs is 7. The Kier molecular flexibility index (Phi) is 5.96. The molecule has 2 aliphatic rings. The van der Waals surface area contributed by atoms with Crippen molar-refractivity contribution in [3.05, 3.63) is 174 Å². The molecule has 226 valence electrons. The molecule has 0 atom stereocenters. The van der Waals surface area contributed by atoms with Gasteiger partial charge in [0.15, 0.2) is 0 Å². The van der Waals surface area contributed by atoms with Gasteiger partial charge in [0.2, 0.25) is 0 Å². The molecule has 7 aromatic rings. The number of rotatable bonds is 4. The Morgan fingerprint density at radius 3 is 1.74 bits per heavy atom. The smallest absolute Gasteiger partial charge is 0.0543 e. The number of anilines is 3. The summed E-state index contributed by atoms with van der Waals surface area (Å²) >= 11 is 0. The number of nitrogens with zero attached hydrogens (tertiary/aromatic N) is 1. The highest BCUT2D eigenvalue weighted by molar-refractivity contribution is 6.03. The second-order valence-corrected chi connectivity index (χ2v) is 14.2. The first-order valence-corrected chi connectivity index (χ1v) is 16.7. The zero-order valence-corrected chi connectivity index (χ0v) is 27.4. The quantitative estimate of drug-likeness (QED) is 0.193. The molecule has 0 N–H and O–H groups in total. The van der Waals surface area contributed by atoms with Crippen molar-refractivity contribution >= 4 is 27.8 Å². The van der Waals surface area contributed by atoms with E-state index >= 15 is 0 Å². The van der Waals surface area contributed by atoms with Gasteiger partial charge in [-0.25, -0.2) is 0 Å². The lowest BCUT2D eigenvalue weighted by atomic mass is 9.82. The van der Waals surface area contributed by atoms with E-state index in [0.717, 1.165) is 0 Å². The summed E-state index contributed by atoms with van der Waals surface area (Å²) in [6.07, 6.45) is 0. The second-order valence-electron chi connectivity index (χ2n) is 14.2. The monoisotopic (exact) mass is 603 g/mol. The van der Waals surface area contributed by atoms with Crippen molar-refractivity contribution in [1.82, 2.24) is 0 Å². The van der Waals surface area contributed by atoms with E-state index in [1.54, 1.807) is 0 Å². The first-order valence-electron chi connectivity index (χ1n) is 16.7. The highest BCUT2D eigenvalue weighted by Gasteiger charge is 2.39. The van der Waals surface area contributed by atoms with Crippen LogP contribution in [-0.4, -0.2) is 0 Å². The molecule has 0 amide bonds. The summed E-state index contributed by atoms with van der Waals surface area (Å²) in [5.41, 5.74) is 16.7. The van der Waals surface area contributed by atoms with Crippen molar-refractivity contribution in [1.29, 1.82) is 0 Å². The fourth-order valence-electron chi connectivity index (χ4n) is 8.52. The average Bonchev–Trinajstić information content (AvgIpc) is 3.48. The number of benzene rings is 7. The molecule has 0 fully saturated rings. The lowest BCUT2D eigenvalue weighted by Crippen LogP contribution is -2.18. The average molecular weight is 604 g/mol. The van der Waals surface area contributed by atoms with Gasteiger partial charge >= 0.3 is 0 Å². The minimum atomic E-state index is -0.101. The SMILES string of the molecule is CC1(C)c2ccccc2-c2ccc(N(c3ccccc3-c3cccc4ccccc34)c3cccc4c3-c3ccccc3C4(C)C)cc21. The Bertz CT molecular complexity index is 2370. The second kappa shape index (κ2) is 10.0. The van der Waals surface area contributed by atoms with E-state index in [4.69, 9.17) is 0 Å². The summed E-state index contributed by atoms with van der Waals surface area (Å²) in [5.74, 6) is 0. The Morgan fingerprint density at radius 2 is 0.915 bits per heavy atom. The molecule has 7 aromatic carbocycles. The van der Waals surface area contributed by atoms with E-state index < -0.39 is 0 Å². The largest absolute Gasteiger partial charge is 0.309 e. The predicted octanol–water partition coefficient (Wildman–Crippen LogP) is 12.6. The number of para-hydroxylation sites is 1. The molecule has 0 bridgehead atoms. The molecule has 1 heteroatoms. The molecule has 9 rings (SSSR count). The summed E-state index contributed by atoms with van der Waals surface area (Å²) in [6.45, 7) is 9.47. The van der Waals surface area contributed by atoms with Crippen LogP contribution in [0.1, 0.15) is 49.9 Å². The van der Waals surface area contributed by atoms with E-state index in [0.29, 0.717) is 0 Å². The Morgan fingerprint density at radius 1 is 0.383 bits per heavy atom. The van der Waals surface area contributed by atoms with Crippen molar-refractivity contribution in [2.24, 2.45) is 0 Å². The lowest BCUT2D eigenvalue weighted by Gasteiger charge is -2.32. The maximum Gasteiger partial charge on any atom is 0.0543 e. The highest BCUT2D eigenvalue weighted by atomic mass is 15.1. The van der Waals surface area contributed by atoms with Gasteiger partial charge in [-0.2, -0.15) is 0 Å². The van der Waals surface area contributed by atoms with Crippen LogP contribution in [0.15, 0.2) is 152 Å². The number of hydrogen-bond donors (Lipinski definition) is 0. The third-order valence-electron chi connectivity index (χ3n) is 10.9. The van der Waals surface area contributed by atoms with Crippen LogP contribution < -0.4 is 4.90 Å². The maximum absolute atomic E-state index is 2.54. The Hall–Kier alpha value is -5.40. The van der Waals surface area contributed by atoms with Crippen LogP contribution in [0.25, 0.3) is 44.2 Å². The topological polar surface area (TPSA) is 3.24 Å². The van der Waals surface area contributed by atoms with Crippen LogP contribution in [0.3, 0.4) is 0 Å². The van der Waals surface area contributed by atoms with Crippen molar-refractivity contribution in [2.75, 3.05) is 4.90 Å². The molecule has 0 aromatic heterocycles. The minimum Gasteiger partial charge on any atom is -0.309 e. The fraction of sp³-hybridized carbons (Fsp3) is 0.130. The summed E-state index contributed by atoms with van der Waals surface area (Å²) < 4.78 is 0. The van der Waals surface area contributed by atoms with Crippen LogP contribution >= 0.6 is 0 Å². The standard InChI is InChI=1S/C46H37N/c1-45(2)39-23-11-8-20-37(39)44-40(45)24-14-26-43(44)47(31-27-28-35-34-18-7-10-22-38(34)46(3,4)41(35)29-31)42-25-12-9-19-36(42)33-21-13-16-30-15-5-6-17-32(30)33/h5-29H,1-4H3. The van der Waals surface area contributed by atoms with Crippen molar-refractivity contribution in [2.45, 2.75) is 38.5 Å². The molecule has 0 heterocycles. The van der Waals surface area contributed by atoms with Crippen LogP contribution in [0, 0.1) is 0 Å². The third kappa shape index (κ3) is 3.96. The predicted molar refractivity (Wildman–Crippen MR) is 199 cm³/mol. The van der Waals surface area contributed by atoms with E-state index in [1.807, 2.05) is 0 Å². The first-order chi connectivity index (χ1) is 22.9. The van der Waals surface area contributed by atoms with Crippen molar-refractivity contribution < 1.29 is 0 Å². The highest BCUT2D eigenvalue weighted by Crippen LogP contribution is 2.56. The molecule has 1 nitrogen and oxygen atoms in total. The third-order valence-corrected chi connectivity index (χ3v) is 10.9. The van der Waals surface area contributed by atoms with Crippen molar-refractivity contribution in [3.63, 3.8) is 0 Å². The molecule has 0 aliphatic heterocycles. The maximum atomic E-state index is 2.54. The summed E-state index contributed by atoms with van der Waals surface area (Å²) in [7, 11) is 0. The lowest BCUT2D eigenvalue weighted by molar-refractivity contribution is 0.660. The molecule has 0 saturated carbocycles. The fourth-order valence-corrected chi connectivity index (χ4v) is 8.52. The summed E-state index contributed by atoms with van der Waals surface area (Å²) in [4.78, 5) is 2.54. The number of hydrogen-bond acceptors (Lipinski definition) is 1. The van der Waals surface area contributed by atoms with Crippen LogP contribution in [-0.2, 0) is 10.8 Å².